The average molecular weight is 327 g/mol. The van der Waals surface area contributed by atoms with E-state index >= 15 is 0 Å². The number of rotatable bonds is 3. The van der Waals surface area contributed by atoms with E-state index < -0.39 is 11.6 Å². The van der Waals surface area contributed by atoms with E-state index in [0.29, 0.717) is 17.0 Å². The lowest BCUT2D eigenvalue weighted by Crippen LogP contribution is -2.19. The van der Waals surface area contributed by atoms with Gasteiger partial charge in [-0.25, -0.2) is 8.78 Å². The van der Waals surface area contributed by atoms with Crippen molar-refractivity contribution in [2.45, 2.75) is 79.1 Å². The number of aryl methyl sites for hydroxylation is 2. The molecule has 2 aliphatic carbocycles. The van der Waals surface area contributed by atoms with Gasteiger partial charge in [-0.05, 0) is 67.1 Å². The first-order chi connectivity index (χ1) is 10.5. The monoisotopic (exact) mass is 326 g/mol. The molecule has 1 aromatic rings. The second-order valence-corrected chi connectivity index (χ2v) is 7.77. The lowest BCUT2D eigenvalue weighted by atomic mass is 9.76. The molecule has 0 amide bonds. The molecule has 0 spiro atoms. The van der Waals surface area contributed by atoms with Gasteiger partial charge in [0, 0.05) is 2.85 Å². The molecule has 1 atom stereocenters. The lowest BCUT2D eigenvalue weighted by molar-refractivity contribution is 0.254. The van der Waals surface area contributed by atoms with E-state index in [1.54, 1.807) is 6.92 Å². The Labute approximate surface area is 143 Å². The molecule has 2 aliphatic rings. The van der Waals surface area contributed by atoms with Gasteiger partial charge in [0.15, 0.2) is 11.6 Å². The van der Waals surface area contributed by atoms with Crippen molar-refractivity contribution in [2.75, 3.05) is 0 Å². The number of hydrogen-bond donors (Lipinski definition) is 0. The smallest absolute Gasteiger partial charge is 0.162 e. The predicted molar refractivity (Wildman–Crippen MR) is 97.9 cm³/mol. The molecule has 23 heavy (non-hydrogen) atoms. The third-order valence-electron chi connectivity index (χ3n) is 6.02. The molecule has 0 radical (unpaired) electrons. The Morgan fingerprint density at radius 3 is 2.35 bits per heavy atom. The normalized spacial score (nSPS) is 27.2. The van der Waals surface area contributed by atoms with E-state index in [1.807, 2.05) is 6.07 Å². The van der Waals surface area contributed by atoms with E-state index in [0.717, 1.165) is 36.7 Å². The molecular weight excluding hydrogens is 290 g/mol. The Morgan fingerprint density at radius 2 is 1.65 bits per heavy atom. The van der Waals surface area contributed by atoms with E-state index in [1.165, 1.54) is 38.5 Å². The van der Waals surface area contributed by atoms with Crippen molar-refractivity contribution in [3.05, 3.63) is 34.4 Å². The molecule has 0 aromatic heterocycles. The van der Waals surface area contributed by atoms with Gasteiger partial charge in [0.25, 0.3) is 0 Å². The van der Waals surface area contributed by atoms with Crippen molar-refractivity contribution in [3.63, 3.8) is 0 Å². The number of benzene rings is 1. The van der Waals surface area contributed by atoms with Crippen LogP contribution in [0, 0.1) is 36.3 Å². The van der Waals surface area contributed by atoms with Crippen molar-refractivity contribution < 1.29 is 11.6 Å². The van der Waals surface area contributed by atoms with Gasteiger partial charge in [0.05, 0.1) is 0 Å². The van der Waals surface area contributed by atoms with Crippen LogP contribution in [0.25, 0.3) is 0 Å². The van der Waals surface area contributed by atoms with Crippen LogP contribution in [-0.2, 0) is 12.8 Å². The largest absolute Gasteiger partial charge is 0.203 e. The molecule has 1 saturated carbocycles. The summed E-state index contributed by atoms with van der Waals surface area (Å²) >= 11 is 0. The van der Waals surface area contributed by atoms with Gasteiger partial charge in [0.2, 0.25) is 0 Å². The fourth-order valence-electron chi connectivity index (χ4n) is 4.39. The van der Waals surface area contributed by atoms with Crippen LogP contribution in [0.2, 0.25) is 0 Å². The van der Waals surface area contributed by atoms with Crippen molar-refractivity contribution in [3.8, 4) is 0 Å². The summed E-state index contributed by atoms with van der Waals surface area (Å²) in [6.45, 7) is 4.02. The Morgan fingerprint density at radius 1 is 1.00 bits per heavy atom. The topological polar surface area (TPSA) is 0 Å². The standard InChI is InChI=1S/C20H28F2.CH4.2H2/c1-13-3-5-15(6-4-13)7-8-16-9-10-17-11-14(2)19(21)20(22)18(17)12-16;;;/h11,13,15-16H,3-10,12H2,1-2H3;1H4;2*1H. The molecule has 134 valence electrons. The zero-order valence-corrected chi connectivity index (χ0v) is 13.9. The first-order valence-electron chi connectivity index (χ1n) is 9.01. The second-order valence-electron chi connectivity index (χ2n) is 7.77. The van der Waals surface area contributed by atoms with Crippen LogP contribution in [0.3, 0.4) is 0 Å². The predicted octanol–water partition coefficient (Wildman–Crippen LogP) is 7.11. The van der Waals surface area contributed by atoms with Crippen molar-refractivity contribution in [2.24, 2.45) is 17.8 Å². The summed E-state index contributed by atoms with van der Waals surface area (Å²) in [5, 5.41) is 0. The zero-order chi connectivity index (χ0) is 15.7. The zero-order valence-electron chi connectivity index (χ0n) is 13.9. The molecule has 2 heteroatoms. The highest BCUT2D eigenvalue weighted by Gasteiger charge is 2.26. The van der Waals surface area contributed by atoms with Crippen molar-refractivity contribution in [1.29, 1.82) is 0 Å². The van der Waals surface area contributed by atoms with Gasteiger partial charge < -0.3 is 0 Å². The molecule has 1 aromatic carbocycles. The van der Waals surface area contributed by atoms with Crippen LogP contribution in [-0.4, -0.2) is 0 Å². The molecule has 3 rings (SSSR count). The van der Waals surface area contributed by atoms with Crippen LogP contribution in [0.4, 0.5) is 8.78 Å². The summed E-state index contributed by atoms with van der Waals surface area (Å²) in [7, 11) is 0. The summed E-state index contributed by atoms with van der Waals surface area (Å²) < 4.78 is 28.0. The summed E-state index contributed by atoms with van der Waals surface area (Å²) in [4.78, 5) is 0. The molecule has 0 N–H and O–H groups in total. The fraction of sp³-hybridized carbons (Fsp3) is 0.714. The van der Waals surface area contributed by atoms with Gasteiger partial charge in [-0.3, -0.25) is 0 Å². The summed E-state index contributed by atoms with van der Waals surface area (Å²) in [6, 6.07) is 1.85. The van der Waals surface area contributed by atoms with Crippen LogP contribution in [0.15, 0.2) is 6.07 Å². The van der Waals surface area contributed by atoms with E-state index in [9.17, 15) is 8.78 Å². The average Bonchev–Trinajstić information content (AvgIpc) is 2.52. The minimum atomic E-state index is -0.638. The first-order valence-corrected chi connectivity index (χ1v) is 9.01. The Hall–Kier alpha value is -0.920. The molecule has 1 fully saturated rings. The Bertz CT molecular complexity index is 537. The highest BCUT2D eigenvalue weighted by Crippen LogP contribution is 2.36. The second kappa shape index (κ2) is 7.77. The molecule has 0 nitrogen and oxygen atoms in total. The summed E-state index contributed by atoms with van der Waals surface area (Å²) in [6.07, 6.45) is 10.7. The molecular formula is C21H36F2. The third-order valence-corrected chi connectivity index (χ3v) is 6.02. The van der Waals surface area contributed by atoms with E-state index in [2.05, 4.69) is 6.92 Å². The number of fused-ring (bicyclic) bond motifs is 1. The highest BCUT2D eigenvalue weighted by molar-refractivity contribution is 5.36. The van der Waals surface area contributed by atoms with Gasteiger partial charge in [-0.1, -0.05) is 52.5 Å². The van der Waals surface area contributed by atoms with E-state index in [4.69, 9.17) is 0 Å². The van der Waals surface area contributed by atoms with E-state index in [-0.39, 0.29) is 10.3 Å². The molecule has 1 unspecified atom stereocenters. The highest BCUT2D eigenvalue weighted by atomic mass is 19.2. The molecule has 0 heterocycles. The first kappa shape index (κ1) is 18.4. The molecule has 0 saturated heterocycles. The maximum atomic E-state index is 14.2. The molecule has 0 aliphatic heterocycles. The minimum absolute atomic E-state index is 0. The fourth-order valence-corrected chi connectivity index (χ4v) is 4.39. The maximum Gasteiger partial charge on any atom is 0.162 e. The third kappa shape index (κ3) is 4.14. The summed E-state index contributed by atoms with van der Waals surface area (Å²) in [5.74, 6) is 1.10. The number of hydrogen-bond acceptors (Lipinski definition) is 0. The quantitative estimate of drug-likeness (QED) is 0.555. The van der Waals surface area contributed by atoms with Crippen LogP contribution < -0.4 is 0 Å². The summed E-state index contributed by atoms with van der Waals surface area (Å²) in [5.41, 5.74) is 2.15. The van der Waals surface area contributed by atoms with Gasteiger partial charge in [0.1, 0.15) is 0 Å². The van der Waals surface area contributed by atoms with Gasteiger partial charge in [-0.2, -0.15) is 0 Å². The molecule has 0 bridgehead atoms. The van der Waals surface area contributed by atoms with Crippen molar-refractivity contribution >= 4 is 0 Å². The van der Waals surface area contributed by atoms with Crippen LogP contribution >= 0.6 is 0 Å². The van der Waals surface area contributed by atoms with Gasteiger partial charge >= 0.3 is 0 Å². The minimum Gasteiger partial charge on any atom is -0.203 e. The lowest BCUT2D eigenvalue weighted by Gasteiger charge is -2.30. The van der Waals surface area contributed by atoms with Gasteiger partial charge in [-0.15, -0.1) is 0 Å². The van der Waals surface area contributed by atoms with Crippen LogP contribution in [0.5, 0.6) is 0 Å². The van der Waals surface area contributed by atoms with Crippen molar-refractivity contribution in [1.82, 2.24) is 0 Å². The SMILES string of the molecule is C.Cc1cc2c(c(F)c1F)CC(CCC1CCC(C)CC1)CC2.[HH].[HH]. The Kier molecular flexibility index (Phi) is 6.22. The number of halogens is 2. The Balaban J connectivity index is 0.00000192. The van der Waals surface area contributed by atoms with Crippen LogP contribution in [0.1, 0.15) is 78.8 Å². The maximum absolute atomic E-state index is 14.2.